The number of carbonyl (C=O) groups excluding carboxylic acids is 1. The average Bonchev–Trinajstić information content (AvgIpc) is 2.75. The van der Waals surface area contributed by atoms with E-state index >= 15 is 0 Å². The molecule has 0 radical (unpaired) electrons. The van der Waals surface area contributed by atoms with Crippen molar-refractivity contribution < 1.29 is 18.4 Å². The molecule has 10 nitrogen and oxygen atoms in total. The lowest BCUT2D eigenvalue weighted by atomic mass is 10.2. The van der Waals surface area contributed by atoms with Gasteiger partial charge in [0, 0.05) is 12.2 Å². The van der Waals surface area contributed by atoms with Crippen LogP contribution in [0.25, 0.3) is 11.2 Å². The molecule has 170 valence electrons. The Morgan fingerprint density at radius 1 is 0.969 bits per heavy atom. The Bertz CT molecular complexity index is 1100. The van der Waals surface area contributed by atoms with Gasteiger partial charge in [0.25, 0.3) is 0 Å². The van der Waals surface area contributed by atoms with Crippen molar-refractivity contribution in [2.24, 2.45) is 0 Å². The number of anilines is 3. The van der Waals surface area contributed by atoms with Crippen molar-refractivity contribution >= 4 is 42.1 Å². The van der Waals surface area contributed by atoms with E-state index in [0.29, 0.717) is 42.6 Å². The maximum Gasteiger partial charge on any atom is 0.335 e. The van der Waals surface area contributed by atoms with Crippen LogP contribution in [0.15, 0.2) is 42.6 Å². The van der Waals surface area contributed by atoms with Crippen LogP contribution in [-0.2, 0) is 19.8 Å². The summed E-state index contributed by atoms with van der Waals surface area (Å²) in [7, 11) is -3.16. The highest BCUT2D eigenvalue weighted by Gasteiger charge is 2.23. The van der Waals surface area contributed by atoms with Gasteiger partial charge in [-0.3, -0.25) is 9.88 Å². The number of fused-ring (bicyclic) bond motifs is 1. The number of amides is 2. The topological polar surface area (TPSA) is 127 Å². The number of nitrogens with zero attached hydrogens (tertiary/aromatic N) is 3. The summed E-state index contributed by atoms with van der Waals surface area (Å²) >= 11 is 0. The zero-order valence-electron chi connectivity index (χ0n) is 18.3. The largest absolute Gasteiger partial charge is 0.339 e. The second-order valence-corrected chi connectivity index (χ2v) is 8.76. The first kappa shape index (κ1) is 23.6. The van der Waals surface area contributed by atoms with E-state index < -0.39 is 7.60 Å². The zero-order valence-corrected chi connectivity index (χ0v) is 19.2. The molecule has 11 heteroatoms. The van der Waals surface area contributed by atoms with Crippen molar-refractivity contribution in [3.63, 3.8) is 0 Å². The van der Waals surface area contributed by atoms with Crippen molar-refractivity contribution in [2.45, 2.75) is 26.9 Å². The van der Waals surface area contributed by atoms with Crippen molar-refractivity contribution in [3.05, 3.63) is 48.2 Å². The highest BCUT2D eigenvalue weighted by Crippen LogP contribution is 2.51. The Hall–Kier alpha value is -3.07. The number of nitrogens with one attached hydrogen (secondary N) is 3. The molecule has 2 heterocycles. The van der Waals surface area contributed by atoms with Crippen LogP contribution in [0.1, 0.15) is 26.3 Å². The van der Waals surface area contributed by atoms with Gasteiger partial charge in [-0.15, -0.1) is 0 Å². The Labute approximate surface area is 186 Å². The van der Waals surface area contributed by atoms with Crippen LogP contribution >= 0.6 is 7.60 Å². The fourth-order valence-corrected chi connectivity index (χ4v) is 4.64. The van der Waals surface area contributed by atoms with Crippen molar-refractivity contribution in [1.29, 1.82) is 0 Å². The SMILES string of the molecule is CCNC(=O)Nc1ccc2ncc(Nc3ccc(CP(=O)(OCC)OCC)cc3)nc2n1. The number of urea groups is 1. The Balaban J connectivity index is 1.71. The highest BCUT2D eigenvalue weighted by atomic mass is 31.2. The quantitative estimate of drug-likeness (QED) is 0.374. The van der Waals surface area contributed by atoms with Crippen LogP contribution in [0.2, 0.25) is 0 Å². The first-order valence-corrected chi connectivity index (χ1v) is 12.1. The van der Waals surface area contributed by atoms with Crippen LogP contribution in [0.4, 0.5) is 22.1 Å². The summed E-state index contributed by atoms with van der Waals surface area (Å²) in [5.41, 5.74) is 2.63. The molecule has 2 aromatic heterocycles. The summed E-state index contributed by atoms with van der Waals surface area (Å²) in [6.45, 7) is 6.58. The van der Waals surface area contributed by atoms with E-state index in [1.54, 1.807) is 32.2 Å². The normalized spacial score (nSPS) is 11.3. The van der Waals surface area contributed by atoms with Crippen molar-refractivity contribution in [3.8, 4) is 0 Å². The molecule has 0 unspecified atom stereocenters. The number of aromatic nitrogens is 3. The third-order valence-corrected chi connectivity index (χ3v) is 6.30. The van der Waals surface area contributed by atoms with E-state index in [9.17, 15) is 9.36 Å². The molecular weight excluding hydrogens is 431 g/mol. The molecule has 0 spiro atoms. The van der Waals surface area contributed by atoms with Gasteiger partial charge in [0.1, 0.15) is 11.3 Å². The van der Waals surface area contributed by atoms with Crippen LogP contribution < -0.4 is 16.0 Å². The van der Waals surface area contributed by atoms with E-state index in [2.05, 4.69) is 30.9 Å². The molecule has 0 aliphatic heterocycles. The Morgan fingerprint density at radius 3 is 2.31 bits per heavy atom. The van der Waals surface area contributed by atoms with E-state index in [-0.39, 0.29) is 12.2 Å². The molecule has 3 N–H and O–H groups in total. The zero-order chi connectivity index (χ0) is 23.0. The second-order valence-electron chi connectivity index (χ2n) is 6.71. The molecular formula is C21H27N6O4P. The standard InChI is InChI=1S/C21H27N6O4P/c1-4-22-21(28)27-18-12-11-17-20(25-18)26-19(13-23-17)24-16-9-7-15(8-10-16)14-32(29,30-5-2)31-6-3/h7-13H,4-6,14H2,1-3H3,(H3,22,24,25,26,27,28). The molecule has 0 saturated carbocycles. The molecule has 3 aromatic rings. The van der Waals surface area contributed by atoms with Gasteiger partial charge in [0.05, 0.1) is 25.6 Å². The van der Waals surface area contributed by atoms with E-state index in [1.165, 1.54) is 0 Å². The van der Waals surface area contributed by atoms with Gasteiger partial charge >= 0.3 is 13.6 Å². The number of carbonyl (C=O) groups is 1. The minimum absolute atomic E-state index is 0.204. The third kappa shape index (κ3) is 6.46. The Kier molecular flexibility index (Phi) is 8.10. The first-order valence-electron chi connectivity index (χ1n) is 10.4. The van der Waals surface area contributed by atoms with Gasteiger partial charge in [0.2, 0.25) is 0 Å². The summed E-state index contributed by atoms with van der Waals surface area (Å²) in [6, 6.07) is 10.5. The molecule has 1 aromatic carbocycles. The van der Waals surface area contributed by atoms with Gasteiger partial charge < -0.3 is 19.7 Å². The molecule has 2 amide bonds. The lowest BCUT2D eigenvalue weighted by Gasteiger charge is -2.17. The minimum atomic E-state index is -3.16. The average molecular weight is 458 g/mol. The molecule has 0 atom stereocenters. The summed E-state index contributed by atoms with van der Waals surface area (Å²) < 4.78 is 23.4. The summed E-state index contributed by atoms with van der Waals surface area (Å²) in [4.78, 5) is 24.9. The summed E-state index contributed by atoms with van der Waals surface area (Å²) in [5.74, 6) is 0.884. The molecule has 0 bridgehead atoms. The second kappa shape index (κ2) is 11.0. The smallest absolute Gasteiger partial charge is 0.335 e. The fourth-order valence-electron chi connectivity index (χ4n) is 2.94. The van der Waals surface area contributed by atoms with Gasteiger partial charge in [-0.25, -0.2) is 19.7 Å². The number of pyridine rings is 1. The number of hydrogen-bond donors (Lipinski definition) is 3. The molecule has 3 rings (SSSR count). The van der Waals surface area contributed by atoms with Crippen molar-refractivity contribution in [2.75, 3.05) is 30.4 Å². The predicted octanol–water partition coefficient (Wildman–Crippen LogP) is 4.68. The van der Waals surface area contributed by atoms with E-state index in [0.717, 1.165) is 11.3 Å². The summed E-state index contributed by atoms with van der Waals surface area (Å²) in [6.07, 6.45) is 1.81. The van der Waals surface area contributed by atoms with Gasteiger partial charge in [0.15, 0.2) is 11.5 Å². The number of hydrogen-bond acceptors (Lipinski definition) is 8. The molecule has 0 aliphatic rings. The van der Waals surface area contributed by atoms with Crippen LogP contribution in [0.3, 0.4) is 0 Å². The van der Waals surface area contributed by atoms with Crippen LogP contribution in [-0.4, -0.2) is 40.7 Å². The molecule has 0 saturated heterocycles. The molecule has 0 fully saturated rings. The number of benzene rings is 1. The third-order valence-electron chi connectivity index (χ3n) is 4.24. The summed E-state index contributed by atoms with van der Waals surface area (Å²) in [5, 5.41) is 8.47. The molecule has 32 heavy (non-hydrogen) atoms. The van der Waals surface area contributed by atoms with Crippen molar-refractivity contribution in [1.82, 2.24) is 20.3 Å². The van der Waals surface area contributed by atoms with E-state index in [1.807, 2.05) is 31.2 Å². The van der Waals surface area contributed by atoms with Crippen LogP contribution in [0.5, 0.6) is 0 Å². The van der Waals surface area contributed by atoms with Gasteiger partial charge in [-0.2, -0.15) is 0 Å². The maximum atomic E-state index is 12.7. The lowest BCUT2D eigenvalue weighted by Crippen LogP contribution is -2.28. The monoisotopic (exact) mass is 458 g/mol. The number of rotatable bonds is 10. The molecule has 0 aliphatic carbocycles. The van der Waals surface area contributed by atoms with Gasteiger partial charge in [-0.1, -0.05) is 12.1 Å². The Morgan fingerprint density at radius 2 is 1.66 bits per heavy atom. The van der Waals surface area contributed by atoms with Gasteiger partial charge in [-0.05, 0) is 50.6 Å². The lowest BCUT2D eigenvalue weighted by molar-refractivity contribution is 0.219. The van der Waals surface area contributed by atoms with Crippen LogP contribution in [0, 0.1) is 0 Å². The fraction of sp³-hybridized carbons (Fsp3) is 0.333. The first-order chi connectivity index (χ1) is 15.4. The van der Waals surface area contributed by atoms with E-state index in [4.69, 9.17) is 9.05 Å². The maximum absolute atomic E-state index is 12.7. The minimum Gasteiger partial charge on any atom is -0.339 e. The highest BCUT2D eigenvalue weighted by molar-refractivity contribution is 7.53. The predicted molar refractivity (Wildman–Crippen MR) is 124 cm³/mol.